The maximum Gasteiger partial charge on any atom is 0.410 e. The summed E-state index contributed by atoms with van der Waals surface area (Å²) >= 11 is 0. The van der Waals surface area contributed by atoms with Crippen molar-refractivity contribution < 1.29 is 9.53 Å². The number of carbonyl (C=O) groups is 1. The van der Waals surface area contributed by atoms with Gasteiger partial charge >= 0.3 is 6.09 Å². The van der Waals surface area contributed by atoms with E-state index in [4.69, 9.17) is 10.5 Å². The number of pyridine rings is 1. The van der Waals surface area contributed by atoms with E-state index in [9.17, 15) is 4.79 Å². The first-order valence-electron chi connectivity index (χ1n) is 9.02. The van der Waals surface area contributed by atoms with Crippen molar-refractivity contribution in [3.05, 3.63) is 30.7 Å². The molecule has 1 saturated heterocycles. The minimum absolute atomic E-state index is 0.215. The van der Waals surface area contributed by atoms with E-state index in [1.165, 1.54) is 0 Å². The van der Waals surface area contributed by atoms with Crippen molar-refractivity contribution in [1.82, 2.24) is 19.7 Å². The van der Waals surface area contributed by atoms with Crippen LogP contribution in [0.15, 0.2) is 30.7 Å². The smallest absolute Gasteiger partial charge is 0.410 e. The fraction of sp³-hybridized carbons (Fsp3) is 0.526. The fourth-order valence-corrected chi connectivity index (χ4v) is 3.13. The summed E-state index contributed by atoms with van der Waals surface area (Å²) in [4.78, 5) is 18.0. The number of amides is 1. The number of nitrogen functional groups attached to an aromatic ring is 1. The molecule has 2 aromatic rings. The quantitative estimate of drug-likeness (QED) is 0.912. The van der Waals surface area contributed by atoms with Crippen molar-refractivity contribution in [1.29, 1.82) is 0 Å². The molecule has 0 aromatic carbocycles. The molecule has 1 aliphatic rings. The highest BCUT2D eigenvalue weighted by molar-refractivity contribution is 5.68. The lowest BCUT2D eigenvalue weighted by Gasteiger charge is -2.33. The van der Waals surface area contributed by atoms with Crippen LogP contribution in [0.3, 0.4) is 0 Å². The van der Waals surface area contributed by atoms with Gasteiger partial charge < -0.3 is 15.4 Å². The Kier molecular flexibility index (Phi) is 5.15. The molecule has 1 fully saturated rings. The van der Waals surface area contributed by atoms with Crippen molar-refractivity contribution in [3.8, 4) is 11.1 Å². The molecule has 0 unspecified atom stereocenters. The summed E-state index contributed by atoms with van der Waals surface area (Å²) in [6.07, 6.45) is 7.29. The molecule has 140 valence electrons. The van der Waals surface area contributed by atoms with Crippen LogP contribution in [0, 0.1) is 5.92 Å². The number of carbonyl (C=O) groups excluding carboxylic acids is 1. The molecule has 1 aliphatic heterocycles. The summed E-state index contributed by atoms with van der Waals surface area (Å²) < 4.78 is 7.42. The fourth-order valence-electron chi connectivity index (χ4n) is 3.13. The van der Waals surface area contributed by atoms with E-state index >= 15 is 0 Å². The van der Waals surface area contributed by atoms with Crippen LogP contribution in [0.25, 0.3) is 11.1 Å². The van der Waals surface area contributed by atoms with E-state index in [0.29, 0.717) is 11.7 Å². The van der Waals surface area contributed by atoms with E-state index < -0.39 is 5.60 Å². The lowest BCUT2D eigenvalue weighted by molar-refractivity contribution is 0.0177. The molecular weight excluding hydrogens is 330 g/mol. The average molecular weight is 357 g/mol. The summed E-state index contributed by atoms with van der Waals surface area (Å²) in [6.45, 7) is 7.99. The molecule has 7 nitrogen and oxygen atoms in total. The summed E-state index contributed by atoms with van der Waals surface area (Å²) in [5, 5.41) is 4.47. The van der Waals surface area contributed by atoms with Gasteiger partial charge in [-0.15, -0.1) is 0 Å². The maximum absolute atomic E-state index is 12.1. The first-order chi connectivity index (χ1) is 12.3. The first-order valence-corrected chi connectivity index (χ1v) is 9.02. The molecule has 3 heterocycles. The molecule has 7 heteroatoms. The SMILES string of the molecule is CC(C)(C)OC(=O)N1CCC(Cn2cc(-c3ccnc(N)c3)cn2)CC1. The third-order valence-electron chi connectivity index (χ3n) is 4.46. The molecule has 0 radical (unpaired) electrons. The number of piperidine rings is 1. The minimum Gasteiger partial charge on any atom is -0.444 e. The minimum atomic E-state index is -0.449. The zero-order chi connectivity index (χ0) is 18.7. The Morgan fingerprint density at radius 3 is 2.69 bits per heavy atom. The molecule has 0 atom stereocenters. The van der Waals surface area contributed by atoms with Crippen LogP contribution >= 0.6 is 0 Å². The molecule has 0 aliphatic carbocycles. The van der Waals surface area contributed by atoms with Crippen LogP contribution in [0.2, 0.25) is 0 Å². The van der Waals surface area contributed by atoms with E-state index in [1.807, 2.05) is 50.0 Å². The number of nitrogens with zero attached hydrogens (tertiary/aromatic N) is 4. The number of ether oxygens (including phenoxy) is 1. The van der Waals surface area contributed by atoms with E-state index in [0.717, 1.165) is 43.6 Å². The molecular formula is C19H27N5O2. The van der Waals surface area contributed by atoms with Crippen LogP contribution in [-0.4, -0.2) is 44.4 Å². The summed E-state index contributed by atoms with van der Waals surface area (Å²) in [6, 6.07) is 3.78. The van der Waals surface area contributed by atoms with E-state index in [-0.39, 0.29) is 6.09 Å². The van der Waals surface area contributed by atoms with Crippen LogP contribution < -0.4 is 5.73 Å². The molecule has 0 saturated carbocycles. The van der Waals surface area contributed by atoms with Gasteiger partial charge in [-0.3, -0.25) is 4.68 Å². The van der Waals surface area contributed by atoms with Gasteiger partial charge in [0.05, 0.1) is 6.20 Å². The lowest BCUT2D eigenvalue weighted by Crippen LogP contribution is -2.42. The second-order valence-corrected chi connectivity index (χ2v) is 7.83. The number of likely N-dealkylation sites (tertiary alicyclic amines) is 1. The lowest BCUT2D eigenvalue weighted by atomic mass is 9.97. The van der Waals surface area contributed by atoms with Gasteiger partial charge in [0.25, 0.3) is 0 Å². The van der Waals surface area contributed by atoms with Gasteiger partial charge in [-0.25, -0.2) is 9.78 Å². The van der Waals surface area contributed by atoms with Crippen molar-refractivity contribution in [2.45, 2.75) is 45.8 Å². The number of aromatic nitrogens is 3. The largest absolute Gasteiger partial charge is 0.444 e. The molecule has 2 N–H and O–H groups in total. The Hall–Kier alpha value is -2.57. The Morgan fingerprint density at radius 1 is 1.31 bits per heavy atom. The third kappa shape index (κ3) is 4.74. The summed E-state index contributed by atoms with van der Waals surface area (Å²) in [7, 11) is 0. The zero-order valence-electron chi connectivity index (χ0n) is 15.7. The molecule has 2 aromatic heterocycles. The van der Waals surface area contributed by atoms with Crippen molar-refractivity contribution in [3.63, 3.8) is 0 Å². The zero-order valence-corrected chi connectivity index (χ0v) is 15.7. The second kappa shape index (κ2) is 7.35. The molecule has 1 amide bonds. The second-order valence-electron chi connectivity index (χ2n) is 7.83. The van der Waals surface area contributed by atoms with Gasteiger partial charge in [-0.05, 0) is 57.2 Å². The van der Waals surface area contributed by atoms with Crippen molar-refractivity contribution in [2.75, 3.05) is 18.8 Å². The van der Waals surface area contributed by atoms with Gasteiger partial charge in [0.15, 0.2) is 0 Å². The first kappa shape index (κ1) is 18.2. The Morgan fingerprint density at radius 2 is 2.04 bits per heavy atom. The standard InChI is InChI=1S/C19H27N5O2/c1-19(2,3)26-18(25)23-8-5-14(6-9-23)12-24-13-16(11-22-24)15-4-7-21-17(20)10-15/h4,7,10-11,13-14H,5-6,8-9,12H2,1-3H3,(H2,20,21). The predicted molar refractivity (Wildman–Crippen MR) is 100 cm³/mol. The number of hydrogen-bond acceptors (Lipinski definition) is 5. The molecule has 3 rings (SSSR count). The Balaban J connectivity index is 1.53. The van der Waals surface area contributed by atoms with Gasteiger partial charge in [0.2, 0.25) is 0 Å². The summed E-state index contributed by atoms with van der Waals surface area (Å²) in [5.41, 5.74) is 7.35. The van der Waals surface area contributed by atoms with Gasteiger partial charge in [0, 0.05) is 37.6 Å². The predicted octanol–water partition coefficient (Wildman–Crippen LogP) is 3.17. The molecule has 0 bridgehead atoms. The van der Waals surface area contributed by atoms with Crippen molar-refractivity contribution >= 4 is 11.9 Å². The van der Waals surface area contributed by atoms with Crippen molar-refractivity contribution in [2.24, 2.45) is 5.92 Å². The number of anilines is 1. The maximum atomic E-state index is 12.1. The average Bonchev–Trinajstić information content (AvgIpc) is 3.02. The molecule has 26 heavy (non-hydrogen) atoms. The van der Waals surface area contributed by atoms with E-state index in [2.05, 4.69) is 10.1 Å². The van der Waals surface area contributed by atoms with Crippen LogP contribution in [0.5, 0.6) is 0 Å². The highest BCUT2D eigenvalue weighted by Gasteiger charge is 2.27. The normalized spacial score (nSPS) is 15.9. The van der Waals surface area contributed by atoms with Gasteiger partial charge in [-0.1, -0.05) is 0 Å². The number of rotatable bonds is 3. The number of hydrogen-bond donors (Lipinski definition) is 1. The number of nitrogens with two attached hydrogens (primary N) is 1. The van der Waals surface area contributed by atoms with E-state index in [1.54, 1.807) is 11.1 Å². The molecule has 0 spiro atoms. The highest BCUT2D eigenvalue weighted by Crippen LogP contribution is 2.23. The topological polar surface area (TPSA) is 86.3 Å². The monoisotopic (exact) mass is 357 g/mol. The third-order valence-corrected chi connectivity index (χ3v) is 4.46. The van der Waals surface area contributed by atoms with Crippen LogP contribution in [0.4, 0.5) is 10.6 Å². The highest BCUT2D eigenvalue weighted by atomic mass is 16.6. The Labute approximate surface area is 154 Å². The Bertz CT molecular complexity index is 757. The van der Waals surface area contributed by atoms with Crippen LogP contribution in [-0.2, 0) is 11.3 Å². The van der Waals surface area contributed by atoms with Crippen LogP contribution in [0.1, 0.15) is 33.6 Å². The van der Waals surface area contributed by atoms with Gasteiger partial charge in [0.1, 0.15) is 11.4 Å². The summed E-state index contributed by atoms with van der Waals surface area (Å²) in [5.74, 6) is 1.01. The van der Waals surface area contributed by atoms with Gasteiger partial charge in [-0.2, -0.15) is 5.10 Å².